The first-order valence-corrected chi connectivity index (χ1v) is 6.06. The van der Waals surface area contributed by atoms with E-state index in [-0.39, 0.29) is 11.2 Å². The van der Waals surface area contributed by atoms with Crippen molar-refractivity contribution < 1.29 is 9.50 Å². The maximum Gasteiger partial charge on any atom is 0.123 e. The van der Waals surface area contributed by atoms with Crippen molar-refractivity contribution in [3.8, 4) is 0 Å². The van der Waals surface area contributed by atoms with Gasteiger partial charge >= 0.3 is 0 Å². The van der Waals surface area contributed by atoms with Crippen LogP contribution in [-0.4, -0.2) is 18.2 Å². The van der Waals surface area contributed by atoms with Gasteiger partial charge in [-0.1, -0.05) is 19.9 Å². The number of nitrogens with one attached hydrogen (secondary N) is 1. The van der Waals surface area contributed by atoms with Crippen molar-refractivity contribution in [1.82, 2.24) is 5.32 Å². The van der Waals surface area contributed by atoms with Gasteiger partial charge in [0.05, 0.1) is 5.60 Å². The molecule has 2 nitrogen and oxygen atoms in total. The number of piperidine rings is 1. The molecule has 94 valence electrons. The minimum absolute atomic E-state index is 0.284. The van der Waals surface area contributed by atoms with Gasteiger partial charge in [0.15, 0.2) is 0 Å². The predicted octanol–water partition coefficient (Wildman–Crippen LogP) is 2.34. The third-order valence-electron chi connectivity index (χ3n) is 4.00. The number of aliphatic hydroxyl groups is 1. The van der Waals surface area contributed by atoms with E-state index in [1.54, 1.807) is 6.07 Å². The van der Waals surface area contributed by atoms with Gasteiger partial charge in [0.1, 0.15) is 5.82 Å². The Morgan fingerprint density at radius 3 is 2.71 bits per heavy atom. The van der Waals surface area contributed by atoms with Gasteiger partial charge in [-0.25, -0.2) is 4.39 Å². The van der Waals surface area contributed by atoms with Gasteiger partial charge in [-0.05, 0) is 43.1 Å². The normalized spacial score (nSPS) is 28.1. The summed E-state index contributed by atoms with van der Waals surface area (Å²) in [4.78, 5) is 0. The summed E-state index contributed by atoms with van der Waals surface area (Å²) in [5, 5.41) is 14.2. The van der Waals surface area contributed by atoms with E-state index in [1.807, 2.05) is 20.8 Å². The molecule has 0 aliphatic carbocycles. The lowest BCUT2D eigenvalue weighted by Crippen LogP contribution is -2.54. The third kappa shape index (κ3) is 1.98. The van der Waals surface area contributed by atoms with Crippen LogP contribution >= 0.6 is 0 Å². The maximum atomic E-state index is 13.4. The second-order valence-electron chi connectivity index (χ2n) is 5.63. The Hall–Kier alpha value is -0.930. The zero-order valence-electron chi connectivity index (χ0n) is 10.7. The Kier molecular flexibility index (Phi) is 3.00. The van der Waals surface area contributed by atoms with Crippen molar-refractivity contribution in [2.75, 3.05) is 13.1 Å². The van der Waals surface area contributed by atoms with Gasteiger partial charge in [-0.2, -0.15) is 0 Å². The van der Waals surface area contributed by atoms with E-state index < -0.39 is 5.60 Å². The number of benzene rings is 1. The highest BCUT2D eigenvalue weighted by Gasteiger charge is 2.47. The molecule has 1 aliphatic rings. The number of aryl methyl sites for hydroxylation is 1. The number of rotatable bonds is 1. The van der Waals surface area contributed by atoms with Gasteiger partial charge in [-0.3, -0.25) is 0 Å². The molecule has 1 aliphatic heterocycles. The molecule has 1 saturated heterocycles. The monoisotopic (exact) mass is 237 g/mol. The average Bonchev–Trinajstić information content (AvgIpc) is 2.26. The summed E-state index contributed by atoms with van der Waals surface area (Å²) in [5.41, 5.74) is 0.418. The molecule has 0 aromatic heterocycles. The molecular formula is C14H20FNO. The van der Waals surface area contributed by atoms with Gasteiger partial charge in [0.25, 0.3) is 0 Å². The van der Waals surface area contributed by atoms with Crippen LogP contribution in [0.1, 0.15) is 31.4 Å². The minimum atomic E-state index is -0.954. The molecule has 1 heterocycles. The topological polar surface area (TPSA) is 32.3 Å². The molecule has 0 spiro atoms. The van der Waals surface area contributed by atoms with E-state index in [9.17, 15) is 9.50 Å². The second kappa shape index (κ2) is 4.07. The summed E-state index contributed by atoms with van der Waals surface area (Å²) in [7, 11) is 0. The first-order chi connectivity index (χ1) is 7.87. The van der Waals surface area contributed by atoms with Crippen molar-refractivity contribution in [2.24, 2.45) is 5.41 Å². The molecule has 0 saturated carbocycles. The Morgan fingerprint density at radius 1 is 1.35 bits per heavy atom. The number of halogens is 1. The van der Waals surface area contributed by atoms with Crippen LogP contribution in [0.3, 0.4) is 0 Å². The zero-order chi connectivity index (χ0) is 12.7. The largest absolute Gasteiger partial charge is 0.384 e. The maximum absolute atomic E-state index is 13.4. The lowest BCUT2D eigenvalue weighted by Gasteiger charge is -2.47. The van der Waals surface area contributed by atoms with E-state index >= 15 is 0 Å². The van der Waals surface area contributed by atoms with Crippen LogP contribution < -0.4 is 5.32 Å². The average molecular weight is 237 g/mol. The number of hydrogen-bond donors (Lipinski definition) is 2. The smallest absolute Gasteiger partial charge is 0.123 e. The van der Waals surface area contributed by atoms with Crippen molar-refractivity contribution in [3.63, 3.8) is 0 Å². The standard InChI is InChI=1S/C14H20FNO/c1-10-4-5-11(15)8-12(10)14(17)6-7-16-9-13(14,2)3/h4-5,8,16-17H,6-7,9H2,1-3H3. The van der Waals surface area contributed by atoms with Gasteiger partial charge in [-0.15, -0.1) is 0 Å². The second-order valence-corrected chi connectivity index (χ2v) is 5.63. The Bertz CT molecular complexity index is 430. The van der Waals surface area contributed by atoms with Gasteiger partial charge < -0.3 is 10.4 Å². The molecular weight excluding hydrogens is 217 g/mol. The Labute approximate surface area is 102 Å². The molecule has 0 amide bonds. The molecule has 2 rings (SSSR count). The lowest BCUT2D eigenvalue weighted by atomic mass is 9.66. The van der Waals surface area contributed by atoms with E-state index in [0.717, 1.165) is 24.2 Å². The SMILES string of the molecule is Cc1ccc(F)cc1C1(O)CCNCC1(C)C. The van der Waals surface area contributed by atoms with Crippen LogP contribution in [0.5, 0.6) is 0 Å². The fourth-order valence-corrected chi connectivity index (χ4v) is 2.69. The highest BCUT2D eigenvalue weighted by molar-refractivity contribution is 5.34. The van der Waals surface area contributed by atoms with Crippen molar-refractivity contribution in [2.45, 2.75) is 32.8 Å². The van der Waals surface area contributed by atoms with Crippen LogP contribution in [0.15, 0.2) is 18.2 Å². The molecule has 17 heavy (non-hydrogen) atoms. The molecule has 1 aromatic carbocycles. The molecule has 1 fully saturated rings. The van der Waals surface area contributed by atoms with Gasteiger partial charge in [0, 0.05) is 12.0 Å². The summed E-state index contributed by atoms with van der Waals surface area (Å²) in [6, 6.07) is 4.65. The predicted molar refractivity (Wildman–Crippen MR) is 66.3 cm³/mol. The summed E-state index contributed by atoms with van der Waals surface area (Å²) in [6.07, 6.45) is 0.615. The third-order valence-corrected chi connectivity index (χ3v) is 4.00. The Balaban J connectivity index is 2.52. The molecule has 1 atom stereocenters. The summed E-state index contributed by atoms with van der Waals surface area (Å²) < 4.78 is 13.4. The summed E-state index contributed by atoms with van der Waals surface area (Å²) in [5.74, 6) is -0.284. The Morgan fingerprint density at radius 2 is 2.06 bits per heavy atom. The van der Waals surface area contributed by atoms with Crippen molar-refractivity contribution >= 4 is 0 Å². The van der Waals surface area contributed by atoms with Gasteiger partial charge in [0.2, 0.25) is 0 Å². The quantitative estimate of drug-likeness (QED) is 0.785. The molecule has 1 aromatic rings. The van der Waals surface area contributed by atoms with Crippen molar-refractivity contribution in [1.29, 1.82) is 0 Å². The first kappa shape index (κ1) is 12.5. The lowest BCUT2D eigenvalue weighted by molar-refractivity contribution is -0.0950. The molecule has 1 unspecified atom stereocenters. The summed E-state index contributed by atoms with van der Waals surface area (Å²) >= 11 is 0. The highest BCUT2D eigenvalue weighted by Crippen LogP contribution is 2.44. The molecule has 0 radical (unpaired) electrons. The molecule has 3 heteroatoms. The van der Waals surface area contributed by atoms with Crippen LogP contribution in [0, 0.1) is 18.2 Å². The van der Waals surface area contributed by atoms with E-state index in [2.05, 4.69) is 5.32 Å². The zero-order valence-corrected chi connectivity index (χ0v) is 10.7. The van der Waals surface area contributed by atoms with E-state index in [4.69, 9.17) is 0 Å². The van der Waals surface area contributed by atoms with E-state index in [1.165, 1.54) is 12.1 Å². The minimum Gasteiger partial charge on any atom is -0.384 e. The van der Waals surface area contributed by atoms with Crippen LogP contribution in [0.4, 0.5) is 4.39 Å². The molecule has 2 N–H and O–H groups in total. The first-order valence-electron chi connectivity index (χ1n) is 6.06. The number of hydrogen-bond acceptors (Lipinski definition) is 2. The van der Waals surface area contributed by atoms with E-state index in [0.29, 0.717) is 6.42 Å². The fraction of sp³-hybridized carbons (Fsp3) is 0.571. The molecule has 0 bridgehead atoms. The van der Waals surface area contributed by atoms with Crippen LogP contribution in [0.2, 0.25) is 0 Å². The van der Waals surface area contributed by atoms with Crippen molar-refractivity contribution in [3.05, 3.63) is 35.1 Å². The van der Waals surface area contributed by atoms with Crippen LogP contribution in [-0.2, 0) is 5.60 Å². The highest BCUT2D eigenvalue weighted by atomic mass is 19.1. The summed E-state index contributed by atoms with van der Waals surface area (Å²) in [6.45, 7) is 7.45. The van der Waals surface area contributed by atoms with Crippen LogP contribution in [0.25, 0.3) is 0 Å². The fourth-order valence-electron chi connectivity index (χ4n) is 2.69.